The minimum Gasteiger partial charge on any atom is -0.340 e. The summed E-state index contributed by atoms with van der Waals surface area (Å²) in [6.45, 7) is 0.707. The molecule has 1 aliphatic heterocycles. The molecule has 1 atom stereocenters. The Bertz CT molecular complexity index is 950. The van der Waals surface area contributed by atoms with Gasteiger partial charge in [0.15, 0.2) is 0 Å². The summed E-state index contributed by atoms with van der Waals surface area (Å²) in [5.74, 6) is -0.212. The van der Waals surface area contributed by atoms with Crippen LogP contribution in [0.2, 0.25) is 0 Å². The highest BCUT2D eigenvalue weighted by molar-refractivity contribution is 7.89. The number of hydrogen-bond acceptors (Lipinski definition) is 4. The second kappa shape index (κ2) is 7.91. The van der Waals surface area contributed by atoms with Gasteiger partial charge in [-0.1, -0.05) is 30.3 Å². The van der Waals surface area contributed by atoms with E-state index in [-0.39, 0.29) is 10.8 Å². The van der Waals surface area contributed by atoms with Crippen molar-refractivity contribution in [2.75, 3.05) is 13.6 Å². The summed E-state index contributed by atoms with van der Waals surface area (Å²) in [6, 6.07) is 16.6. The maximum atomic E-state index is 12.9. The lowest BCUT2D eigenvalue weighted by atomic mass is 10.1. The molecule has 1 fully saturated rings. The molecular weight excluding hydrogens is 362 g/mol. The van der Waals surface area contributed by atoms with Crippen molar-refractivity contribution in [1.82, 2.24) is 9.21 Å². The molecule has 1 aliphatic rings. The van der Waals surface area contributed by atoms with Crippen molar-refractivity contribution >= 4 is 15.9 Å². The number of hydrogen-bond donors (Lipinski definition) is 0. The van der Waals surface area contributed by atoms with Crippen LogP contribution < -0.4 is 0 Å². The fourth-order valence-corrected chi connectivity index (χ4v) is 4.97. The van der Waals surface area contributed by atoms with E-state index in [0.717, 1.165) is 5.56 Å². The predicted octanol–water partition coefficient (Wildman–Crippen LogP) is 2.37. The molecule has 1 saturated heterocycles. The van der Waals surface area contributed by atoms with E-state index in [1.165, 1.54) is 4.31 Å². The Balaban J connectivity index is 1.75. The van der Waals surface area contributed by atoms with Crippen molar-refractivity contribution in [3.63, 3.8) is 0 Å². The normalized spacial score (nSPS) is 17.4. The number of carbonyl (C=O) groups excluding carboxylic acids is 1. The molecule has 0 saturated carbocycles. The largest absolute Gasteiger partial charge is 0.340 e. The molecule has 27 heavy (non-hydrogen) atoms. The van der Waals surface area contributed by atoms with E-state index in [4.69, 9.17) is 5.26 Å². The van der Waals surface area contributed by atoms with Gasteiger partial charge in [-0.05, 0) is 42.7 Å². The number of nitrogens with zero attached hydrogens (tertiary/aromatic N) is 3. The predicted molar refractivity (Wildman–Crippen MR) is 101 cm³/mol. The quantitative estimate of drug-likeness (QED) is 0.794. The van der Waals surface area contributed by atoms with Gasteiger partial charge in [-0.2, -0.15) is 9.57 Å². The van der Waals surface area contributed by atoms with E-state index in [2.05, 4.69) is 6.07 Å². The highest BCUT2D eigenvalue weighted by atomic mass is 32.2. The number of carbonyl (C=O) groups is 1. The van der Waals surface area contributed by atoms with E-state index in [1.807, 2.05) is 0 Å². The molecule has 0 aliphatic carbocycles. The van der Waals surface area contributed by atoms with Crippen molar-refractivity contribution < 1.29 is 13.2 Å². The number of rotatable bonds is 5. The van der Waals surface area contributed by atoms with Crippen molar-refractivity contribution in [1.29, 1.82) is 5.26 Å². The molecule has 0 aromatic heterocycles. The minimum atomic E-state index is -3.70. The zero-order chi connectivity index (χ0) is 19.4. The van der Waals surface area contributed by atoms with Crippen molar-refractivity contribution in [2.45, 2.75) is 30.3 Å². The van der Waals surface area contributed by atoms with E-state index < -0.39 is 16.1 Å². The van der Waals surface area contributed by atoms with Gasteiger partial charge in [-0.3, -0.25) is 4.79 Å². The molecule has 2 aromatic rings. The van der Waals surface area contributed by atoms with Gasteiger partial charge >= 0.3 is 0 Å². The Labute approximate surface area is 159 Å². The molecular formula is C20H21N3O3S. The van der Waals surface area contributed by atoms with Gasteiger partial charge in [0.25, 0.3) is 0 Å². The van der Waals surface area contributed by atoms with Gasteiger partial charge in [0.05, 0.1) is 16.5 Å². The van der Waals surface area contributed by atoms with Crippen LogP contribution in [0.5, 0.6) is 0 Å². The Kier molecular flexibility index (Phi) is 5.59. The molecule has 3 rings (SSSR count). The van der Waals surface area contributed by atoms with E-state index >= 15 is 0 Å². The Morgan fingerprint density at radius 3 is 2.48 bits per heavy atom. The standard InChI is InChI=1S/C20H21N3O3S/c1-22(15-17-11-9-16(14-21)10-12-17)20(24)19-8-5-13-23(19)27(25,26)18-6-3-2-4-7-18/h2-4,6-7,9-12,19H,5,8,13,15H2,1H3. The first-order valence-electron chi connectivity index (χ1n) is 8.74. The third kappa shape index (κ3) is 4.02. The third-order valence-corrected chi connectivity index (χ3v) is 6.64. The van der Waals surface area contributed by atoms with Crippen LogP contribution >= 0.6 is 0 Å². The lowest BCUT2D eigenvalue weighted by Crippen LogP contribution is -2.46. The summed E-state index contributed by atoms with van der Waals surface area (Å²) in [5, 5.41) is 8.86. The highest BCUT2D eigenvalue weighted by Gasteiger charge is 2.40. The zero-order valence-corrected chi connectivity index (χ0v) is 15.9. The number of nitriles is 1. The summed E-state index contributed by atoms with van der Waals surface area (Å²) in [7, 11) is -2.03. The van der Waals surface area contributed by atoms with Crippen LogP contribution in [0, 0.1) is 11.3 Å². The Morgan fingerprint density at radius 2 is 1.85 bits per heavy atom. The van der Waals surface area contributed by atoms with Gasteiger partial charge in [-0.15, -0.1) is 0 Å². The summed E-state index contributed by atoms with van der Waals surface area (Å²) < 4.78 is 27.2. The summed E-state index contributed by atoms with van der Waals surface area (Å²) in [5.41, 5.74) is 1.45. The second-order valence-electron chi connectivity index (χ2n) is 6.59. The SMILES string of the molecule is CN(Cc1ccc(C#N)cc1)C(=O)C1CCCN1S(=O)(=O)c1ccccc1. The monoisotopic (exact) mass is 383 g/mol. The number of sulfonamides is 1. The molecule has 0 N–H and O–H groups in total. The first-order chi connectivity index (χ1) is 12.9. The highest BCUT2D eigenvalue weighted by Crippen LogP contribution is 2.27. The van der Waals surface area contributed by atoms with Crippen LogP contribution in [-0.2, 0) is 21.4 Å². The number of benzene rings is 2. The maximum Gasteiger partial charge on any atom is 0.243 e. The average Bonchev–Trinajstić information content (AvgIpc) is 3.19. The molecule has 7 heteroatoms. The lowest BCUT2D eigenvalue weighted by Gasteiger charge is -2.27. The van der Waals surface area contributed by atoms with Gasteiger partial charge < -0.3 is 4.90 Å². The van der Waals surface area contributed by atoms with Crippen molar-refractivity contribution in [2.24, 2.45) is 0 Å². The fraction of sp³-hybridized carbons (Fsp3) is 0.300. The number of amides is 1. The average molecular weight is 383 g/mol. The lowest BCUT2D eigenvalue weighted by molar-refractivity contribution is -0.133. The van der Waals surface area contributed by atoms with E-state index in [9.17, 15) is 13.2 Å². The van der Waals surface area contributed by atoms with Gasteiger partial charge in [0, 0.05) is 20.1 Å². The van der Waals surface area contributed by atoms with Crippen molar-refractivity contribution in [3.05, 3.63) is 65.7 Å². The molecule has 0 bridgehead atoms. The minimum absolute atomic E-state index is 0.208. The van der Waals surface area contributed by atoms with Crippen LogP contribution in [0.3, 0.4) is 0 Å². The van der Waals surface area contributed by atoms with Crippen LogP contribution in [-0.4, -0.2) is 43.2 Å². The third-order valence-electron chi connectivity index (χ3n) is 4.72. The number of likely N-dealkylation sites (N-methyl/N-ethyl adjacent to an activating group) is 1. The molecule has 0 radical (unpaired) electrons. The van der Waals surface area contributed by atoms with Crippen LogP contribution in [0.4, 0.5) is 0 Å². The van der Waals surface area contributed by atoms with E-state index in [0.29, 0.717) is 31.5 Å². The Morgan fingerprint density at radius 1 is 1.19 bits per heavy atom. The van der Waals surface area contributed by atoms with E-state index in [1.54, 1.807) is 66.5 Å². The topological polar surface area (TPSA) is 81.5 Å². The summed E-state index contributed by atoms with van der Waals surface area (Å²) in [4.78, 5) is 14.7. The first kappa shape index (κ1) is 19.1. The van der Waals surface area contributed by atoms with Crippen molar-refractivity contribution in [3.8, 4) is 6.07 Å². The summed E-state index contributed by atoms with van der Waals surface area (Å²) >= 11 is 0. The maximum absolute atomic E-state index is 12.9. The zero-order valence-electron chi connectivity index (χ0n) is 15.1. The van der Waals surface area contributed by atoms with Gasteiger partial charge in [0.2, 0.25) is 15.9 Å². The molecule has 2 aromatic carbocycles. The van der Waals surface area contributed by atoms with Crippen LogP contribution in [0.25, 0.3) is 0 Å². The first-order valence-corrected chi connectivity index (χ1v) is 10.2. The van der Waals surface area contributed by atoms with Crippen LogP contribution in [0.15, 0.2) is 59.5 Å². The van der Waals surface area contributed by atoms with Gasteiger partial charge in [0.1, 0.15) is 6.04 Å². The fourth-order valence-electron chi connectivity index (χ4n) is 3.29. The molecule has 1 heterocycles. The summed E-state index contributed by atoms with van der Waals surface area (Å²) in [6.07, 6.45) is 1.18. The molecule has 0 spiro atoms. The van der Waals surface area contributed by atoms with Crippen LogP contribution in [0.1, 0.15) is 24.0 Å². The Hall–Kier alpha value is -2.69. The molecule has 1 unspecified atom stereocenters. The molecule has 6 nitrogen and oxygen atoms in total. The smallest absolute Gasteiger partial charge is 0.243 e. The second-order valence-corrected chi connectivity index (χ2v) is 8.48. The molecule has 1 amide bonds. The van der Waals surface area contributed by atoms with Gasteiger partial charge in [-0.25, -0.2) is 8.42 Å². The molecule has 140 valence electrons.